The van der Waals surface area contributed by atoms with Gasteiger partial charge in [-0.15, -0.1) is 0 Å². The van der Waals surface area contributed by atoms with E-state index >= 15 is 0 Å². The molecule has 1 rings (SSSR count). The van der Waals surface area contributed by atoms with Gasteiger partial charge >= 0.3 is 0 Å². The van der Waals surface area contributed by atoms with Crippen molar-refractivity contribution in [2.75, 3.05) is 13.7 Å². The van der Waals surface area contributed by atoms with Crippen molar-refractivity contribution in [2.45, 2.75) is 6.92 Å². The Balaban J connectivity index is -0.000000155. The average Bonchev–Trinajstić information content (AvgIpc) is 2.37. The summed E-state index contributed by atoms with van der Waals surface area (Å²) in [6.07, 6.45) is 0. The minimum atomic E-state index is -0.250. The van der Waals surface area contributed by atoms with E-state index in [0.29, 0.717) is 13.1 Å². The number of ether oxygens (including phenoxy) is 1. The largest absolute Gasteiger partial charge is 0.483 e. The predicted octanol–water partition coefficient (Wildman–Crippen LogP) is 1.18. The Hall–Kier alpha value is -1.88. The summed E-state index contributed by atoms with van der Waals surface area (Å²) in [5.41, 5.74) is 0. The van der Waals surface area contributed by atoms with E-state index in [1.165, 1.54) is 0 Å². The molecular formula is C11H18O5. The lowest BCUT2D eigenvalue weighted by Crippen LogP contribution is -1.80. The third kappa shape index (κ3) is 40.0. The standard InChI is InChI=1S/C6H6.C3H6O2.CH2O2.CH4O/c1-2-4-6-5-3-1;1-2-5-3-4;2-1-3;1-2/h1-6H;3H,2H2,1H3;1H,(H,2,3);2H,1H3. The molecule has 0 saturated carbocycles. The van der Waals surface area contributed by atoms with Crippen LogP contribution in [-0.2, 0) is 14.3 Å². The number of aliphatic hydroxyl groups excluding tert-OH is 1. The van der Waals surface area contributed by atoms with Crippen LogP contribution in [0.2, 0.25) is 0 Å². The van der Waals surface area contributed by atoms with Gasteiger partial charge in [0.1, 0.15) is 0 Å². The number of rotatable bonds is 2. The van der Waals surface area contributed by atoms with Gasteiger partial charge in [0.25, 0.3) is 12.9 Å². The normalized spacial score (nSPS) is 6.19. The highest BCUT2D eigenvalue weighted by atomic mass is 16.5. The summed E-state index contributed by atoms with van der Waals surface area (Å²) in [7, 11) is 1.00. The monoisotopic (exact) mass is 230 g/mol. The lowest BCUT2D eigenvalue weighted by atomic mass is 10.4. The van der Waals surface area contributed by atoms with Crippen LogP contribution < -0.4 is 0 Å². The van der Waals surface area contributed by atoms with Crippen molar-refractivity contribution in [3.63, 3.8) is 0 Å². The fourth-order valence-electron chi connectivity index (χ4n) is 0.453. The van der Waals surface area contributed by atoms with E-state index in [2.05, 4.69) is 4.74 Å². The summed E-state index contributed by atoms with van der Waals surface area (Å²) in [4.78, 5) is 17.5. The van der Waals surface area contributed by atoms with Crippen LogP contribution in [0.4, 0.5) is 0 Å². The van der Waals surface area contributed by atoms with Crippen molar-refractivity contribution in [3.8, 4) is 0 Å². The second kappa shape index (κ2) is 29.2. The zero-order valence-corrected chi connectivity index (χ0v) is 9.45. The van der Waals surface area contributed by atoms with Crippen LogP contribution in [0.5, 0.6) is 0 Å². The first-order valence-corrected chi connectivity index (χ1v) is 4.41. The molecule has 0 unspecified atom stereocenters. The molecule has 16 heavy (non-hydrogen) atoms. The van der Waals surface area contributed by atoms with E-state index in [1.54, 1.807) is 6.92 Å². The molecule has 0 atom stereocenters. The summed E-state index contributed by atoms with van der Waals surface area (Å²) in [6.45, 7) is 2.41. The molecule has 0 aliphatic carbocycles. The summed E-state index contributed by atoms with van der Waals surface area (Å²) < 4.78 is 4.15. The third-order valence-electron chi connectivity index (χ3n) is 0.901. The molecule has 92 valence electrons. The van der Waals surface area contributed by atoms with Gasteiger partial charge in [0.05, 0.1) is 6.61 Å². The molecule has 5 heteroatoms. The van der Waals surface area contributed by atoms with E-state index < -0.39 is 0 Å². The number of carbonyl (C=O) groups is 2. The molecule has 0 heterocycles. The molecule has 1 aromatic rings. The maximum atomic E-state index is 9.18. The molecular weight excluding hydrogens is 212 g/mol. The first kappa shape index (κ1) is 19.7. The number of carbonyl (C=O) groups excluding carboxylic acids is 1. The number of hydrogen-bond donors (Lipinski definition) is 2. The highest BCUT2D eigenvalue weighted by Crippen LogP contribution is 1.79. The summed E-state index contributed by atoms with van der Waals surface area (Å²) in [5, 5.41) is 13.9. The molecule has 5 nitrogen and oxygen atoms in total. The molecule has 1 aromatic carbocycles. The van der Waals surface area contributed by atoms with Crippen LogP contribution in [0.1, 0.15) is 6.92 Å². The average molecular weight is 230 g/mol. The van der Waals surface area contributed by atoms with E-state index in [9.17, 15) is 4.79 Å². The second-order valence-corrected chi connectivity index (χ2v) is 1.81. The number of aliphatic hydroxyl groups is 1. The number of hydrogen-bond acceptors (Lipinski definition) is 4. The second-order valence-electron chi connectivity index (χ2n) is 1.81. The van der Waals surface area contributed by atoms with Gasteiger partial charge in [0, 0.05) is 7.11 Å². The Labute approximate surface area is 95.3 Å². The Bertz CT molecular complexity index is 174. The summed E-state index contributed by atoms with van der Waals surface area (Å²) in [6, 6.07) is 12.0. The predicted molar refractivity (Wildman–Crippen MR) is 61.0 cm³/mol. The Morgan fingerprint density at radius 1 is 1.00 bits per heavy atom. The van der Waals surface area contributed by atoms with Crippen molar-refractivity contribution in [3.05, 3.63) is 36.4 Å². The zero-order valence-electron chi connectivity index (χ0n) is 9.45. The van der Waals surface area contributed by atoms with Gasteiger partial charge < -0.3 is 14.9 Å². The van der Waals surface area contributed by atoms with Crippen molar-refractivity contribution in [2.24, 2.45) is 0 Å². The molecule has 0 spiro atoms. The minimum absolute atomic E-state index is 0.250. The van der Waals surface area contributed by atoms with Crippen LogP contribution >= 0.6 is 0 Å². The molecule has 2 N–H and O–H groups in total. The topological polar surface area (TPSA) is 83.8 Å². The SMILES string of the molecule is CCOC=O.CO.O=CO.c1ccccc1. The maximum absolute atomic E-state index is 9.18. The Morgan fingerprint density at radius 3 is 1.31 bits per heavy atom. The van der Waals surface area contributed by atoms with Crippen LogP contribution in [0, 0.1) is 0 Å². The van der Waals surface area contributed by atoms with Gasteiger partial charge in [-0.25, -0.2) is 0 Å². The van der Waals surface area contributed by atoms with Gasteiger partial charge in [0.2, 0.25) is 0 Å². The van der Waals surface area contributed by atoms with Crippen LogP contribution in [0.15, 0.2) is 36.4 Å². The highest BCUT2D eigenvalue weighted by molar-refractivity contribution is 5.36. The van der Waals surface area contributed by atoms with E-state index in [-0.39, 0.29) is 6.47 Å². The Morgan fingerprint density at radius 2 is 1.25 bits per heavy atom. The molecule has 0 radical (unpaired) electrons. The van der Waals surface area contributed by atoms with Gasteiger partial charge in [0.15, 0.2) is 0 Å². The molecule has 0 saturated heterocycles. The molecule has 0 aliphatic rings. The van der Waals surface area contributed by atoms with E-state index in [1.807, 2.05) is 36.4 Å². The molecule has 0 aliphatic heterocycles. The first-order chi connectivity index (χ1) is 7.83. The smallest absolute Gasteiger partial charge is 0.293 e. The molecule has 0 aromatic heterocycles. The van der Waals surface area contributed by atoms with Crippen molar-refractivity contribution < 1.29 is 24.5 Å². The minimum Gasteiger partial charge on any atom is -0.483 e. The lowest BCUT2D eigenvalue weighted by Gasteiger charge is -1.79. The summed E-state index contributed by atoms with van der Waals surface area (Å²) >= 11 is 0. The van der Waals surface area contributed by atoms with E-state index in [4.69, 9.17) is 15.0 Å². The van der Waals surface area contributed by atoms with Crippen LogP contribution in [0.3, 0.4) is 0 Å². The first-order valence-electron chi connectivity index (χ1n) is 4.41. The summed E-state index contributed by atoms with van der Waals surface area (Å²) in [5.74, 6) is 0. The molecule has 0 bridgehead atoms. The van der Waals surface area contributed by atoms with Crippen LogP contribution in [-0.4, -0.2) is 36.9 Å². The molecule has 0 fully saturated rings. The fourth-order valence-corrected chi connectivity index (χ4v) is 0.453. The van der Waals surface area contributed by atoms with Gasteiger partial charge in [-0.1, -0.05) is 36.4 Å². The van der Waals surface area contributed by atoms with Crippen molar-refractivity contribution in [1.29, 1.82) is 0 Å². The van der Waals surface area contributed by atoms with E-state index in [0.717, 1.165) is 7.11 Å². The third-order valence-corrected chi connectivity index (χ3v) is 0.901. The van der Waals surface area contributed by atoms with Gasteiger partial charge in [-0.3, -0.25) is 9.59 Å². The molecule has 0 amide bonds. The number of carboxylic acid groups (broad SMARTS) is 1. The maximum Gasteiger partial charge on any atom is 0.293 e. The van der Waals surface area contributed by atoms with Crippen molar-refractivity contribution >= 4 is 12.9 Å². The lowest BCUT2D eigenvalue weighted by molar-refractivity contribution is -0.128. The van der Waals surface area contributed by atoms with Crippen molar-refractivity contribution in [1.82, 2.24) is 0 Å². The highest BCUT2D eigenvalue weighted by Gasteiger charge is 1.60. The van der Waals surface area contributed by atoms with Gasteiger partial charge in [-0.2, -0.15) is 0 Å². The Kier molecular flexibility index (Phi) is 35.9. The van der Waals surface area contributed by atoms with Gasteiger partial charge in [-0.05, 0) is 6.92 Å². The fraction of sp³-hybridized carbons (Fsp3) is 0.273. The quantitative estimate of drug-likeness (QED) is 0.745. The number of benzene rings is 1. The zero-order chi connectivity index (χ0) is 13.1. The van der Waals surface area contributed by atoms with Crippen LogP contribution in [0.25, 0.3) is 0 Å².